The maximum Gasteiger partial charge on any atom is 0.393 e. The van der Waals surface area contributed by atoms with Gasteiger partial charge in [-0.05, 0) is 37.0 Å². The van der Waals surface area contributed by atoms with Gasteiger partial charge in [0.05, 0.1) is 17.4 Å². The fourth-order valence-electron chi connectivity index (χ4n) is 2.26. The van der Waals surface area contributed by atoms with Crippen LogP contribution in [0, 0.1) is 0 Å². The van der Waals surface area contributed by atoms with Gasteiger partial charge in [-0.15, -0.1) is 11.6 Å². The molecule has 2 nitrogen and oxygen atoms in total. The lowest BCUT2D eigenvalue weighted by Crippen LogP contribution is -2.22. The number of hydrogen-bond acceptors (Lipinski definition) is 2. The van der Waals surface area contributed by atoms with E-state index in [9.17, 15) is 18.0 Å². The molecule has 2 unspecified atom stereocenters. The Morgan fingerprint density at radius 2 is 2.10 bits per heavy atom. The van der Waals surface area contributed by atoms with E-state index in [1.807, 2.05) is 0 Å². The van der Waals surface area contributed by atoms with Gasteiger partial charge in [0.1, 0.15) is 6.10 Å². The number of carbonyl (C=O) groups is 1. The summed E-state index contributed by atoms with van der Waals surface area (Å²) >= 11 is 6.00. The van der Waals surface area contributed by atoms with Crippen LogP contribution in [0.1, 0.15) is 35.2 Å². The Morgan fingerprint density at radius 3 is 2.70 bits per heavy atom. The summed E-state index contributed by atoms with van der Waals surface area (Å²) in [5.41, 5.74) is 0.170. The summed E-state index contributed by atoms with van der Waals surface area (Å²) < 4.78 is 42.2. The number of benzene rings is 1. The van der Waals surface area contributed by atoms with E-state index in [-0.39, 0.29) is 22.6 Å². The van der Waals surface area contributed by atoms with Crippen molar-refractivity contribution < 1.29 is 22.7 Å². The van der Waals surface area contributed by atoms with Gasteiger partial charge in [-0.25, -0.2) is 4.79 Å². The van der Waals surface area contributed by atoms with E-state index in [1.54, 1.807) is 0 Å². The number of rotatable bonds is 3. The van der Waals surface area contributed by atoms with Crippen molar-refractivity contribution in [3.8, 4) is 0 Å². The van der Waals surface area contributed by atoms with Crippen LogP contribution in [0.4, 0.5) is 13.2 Å². The monoisotopic (exact) mass is 306 g/mol. The summed E-state index contributed by atoms with van der Waals surface area (Å²) in [7, 11) is 0. The largest absolute Gasteiger partial charge is 0.457 e. The summed E-state index contributed by atoms with van der Waals surface area (Å²) in [4.78, 5) is 11.9. The van der Waals surface area contributed by atoms with Crippen LogP contribution >= 0.6 is 11.6 Å². The normalized spacial score (nSPS) is 22.8. The molecule has 1 aliphatic carbocycles. The second kappa shape index (κ2) is 6.04. The number of ether oxygens (including phenoxy) is 1. The molecule has 0 radical (unpaired) electrons. The van der Waals surface area contributed by atoms with E-state index >= 15 is 0 Å². The van der Waals surface area contributed by atoms with Gasteiger partial charge >= 0.3 is 12.1 Å². The summed E-state index contributed by atoms with van der Waals surface area (Å²) in [6, 6.07) is 5.42. The first-order chi connectivity index (χ1) is 9.35. The van der Waals surface area contributed by atoms with Gasteiger partial charge in [0.2, 0.25) is 0 Å². The van der Waals surface area contributed by atoms with Gasteiger partial charge in [0.15, 0.2) is 0 Å². The minimum Gasteiger partial charge on any atom is -0.457 e. The molecular formula is C14H14ClF3O2. The first-order valence-corrected chi connectivity index (χ1v) is 6.79. The molecule has 6 heteroatoms. The Labute approximate surface area is 119 Å². The van der Waals surface area contributed by atoms with Crippen molar-refractivity contribution in [1.29, 1.82) is 0 Å². The van der Waals surface area contributed by atoms with Crippen LogP contribution in [0.25, 0.3) is 0 Å². The highest BCUT2D eigenvalue weighted by Gasteiger charge is 2.30. The molecule has 110 valence electrons. The average molecular weight is 307 g/mol. The molecule has 2 rings (SSSR count). The number of esters is 1. The third-order valence-corrected chi connectivity index (χ3v) is 3.70. The van der Waals surface area contributed by atoms with E-state index in [4.69, 9.17) is 16.3 Å². The fourth-order valence-corrected chi connectivity index (χ4v) is 2.59. The highest BCUT2D eigenvalue weighted by molar-refractivity contribution is 6.21. The van der Waals surface area contributed by atoms with Crippen LogP contribution in [0.3, 0.4) is 0 Å². The van der Waals surface area contributed by atoms with Crippen molar-refractivity contribution in [2.24, 2.45) is 0 Å². The van der Waals surface area contributed by atoms with Crippen molar-refractivity contribution in [1.82, 2.24) is 0 Å². The van der Waals surface area contributed by atoms with Crippen molar-refractivity contribution in [3.05, 3.63) is 35.4 Å². The molecule has 1 aromatic rings. The zero-order valence-electron chi connectivity index (χ0n) is 10.6. The molecule has 0 heterocycles. The van der Waals surface area contributed by atoms with E-state index in [0.717, 1.165) is 12.8 Å². The van der Waals surface area contributed by atoms with Gasteiger partial charge in [-0.3, -0.25) is 0 Å². The lowest BCUT2D eigenvalue weighted by molar-refractivity contribution is -0.127. The summed E-state index contributed by atoms with van der Waals surface area (Å²) in [6.45, 7) is 0. The second-order valence-corrected chi connectivity index (χ2v) is 5.44. The molecule has 0 aromatic heterocycles. The minimum absolute atomic E-state index is 0.0424. The van der Waals surface area contributed by atoms with Gasteiger partial charge in [0.25, 0.3) is 0 Å². The zero-order valence-corrected chi connectivity index (χ0v) is 11.4. The molecule has 1 saturated carbocycles. The van der Waals surface area contributed by atoms with E-state index < -0.39 is 18.6 Å². The van der Waals surface area contributed by atoms with Gasteiger partial charge in [0, 0.05) is 0 Å². The van der Waals surface area contributed by atoms with E-state index in [0.29, 0.717) is 6.42 Å². The Balaban J connectivity index is 2.04. The predicted molar refractivity (Wildman–Crippen MR) is 68.9 cm³/mol. The number of alkyl halides is 4. The molecule has 1 aromatic carbocycles. The van der Waals surface area contributed by atoms with Crippen LogP contribution < -0.4 is 0 Å². The van der Waals surface area contributed by atoms with Crippen LogP contribution in [-0.2, 0) is 11.2 Å². The quantitative estimate of drug-likeness (QED) is 0.620. The van der Waals surface area contributed by atoms with Crippen molar-refractivity contribution >= 4 is 17.6 Å². The Hall–Kier alpha value is -1.23. The smallest absolute Gasteiger partial charge is 0.393 e. The zero-order chi connectivity index (χ0) is 14.8. The molecule has 20 heavy (non-hydrogen) atoms. The molecular weight excluding hydrogens is 293 g/mol. The molecule has 0 bridgehead atoms. The minimum atomic E-state index is -4.30. The van der Waals surface area contributed by atoms with E-state index in [2.05, 4.69) is 0 Å². The lowest BCUT2D eigenvalue weighted by atomic mass is 10.1. The number of hydrogen-bond donors (Lipinski definition) is 0. The molecule has 1 fully saturated rings. The molecule has 0 amide bonds. The Bertz CT molecular complexity index is 488. The first-order valence-electron chi connectivity index (χ1n) is 6.36. The predicted octanol–water partition coefficient (Wildman–Crippen LogP) is 4.11. The third-order valence-electron chi connectivity index (χ3n) is 3.20. The highest BCUT2D eigenvalue weighted by atomic mass is 35.5. The number of carbonyl (C=O) groups excluding carboxylic acids is 1. The summed E-state index contributed by atoms with van der Waals surface area (Å²) in [6.07, 6.45) is -3.34. The summed E-state index contributed by atoms with van der Waals surface area (Å²) in [5, 5.41) is -0.211. The molecule has 1 aliphatic rings. The SMILES string of the molecule is O=C(OC1CCCC1Cl)c1cccc(CC(F)(F)F)c1. The second-order valence-electron chi connectivity index (χ2n) is 4.88. The Morgan fingerprint density at radius 1 is 1.35 bits per heavy atom. The topological polar surface area (TPSA) is 26.3 Å². The standard InChI is InChI=1S/C14H14ClF3O2/c15-11-5-2-6-12(11)20-13(19)10-4-1-3-9(7-10)8-14(16,17)18/h1,3-4,7,11-12H,2,5-6,8H2. The molecule has 2 atom stereocenters. The van der Waals surface area contributed by atoms with Crippen molar-refractivity contribution in [2.75, 3.05) is 0 Å². The fraction of sp³-hybridized carbons (Fsp3) is 0.500. The van der Waals surface area contributed by atoms with Gasteiger partial charge < -0.3 is 4.74 Å². The first kappa shape index (κ1) is 15.2. The third kappa shape index (κ3) is 4.13. The van der Waals surface area contributed by atoms with Gasteiger partial charge in [-0.2, -0.15) is 13.2 Å². The summed E-state index contributed by atoms with van der Waals surface area (Å²) in [5.74, 6) is -0.619. The lowest BCUT2D eigenvalue weighted by Gasteiger charge is -2.15. The van der Waals surface area contributed by atoms with Crippen molar-refractivity contribution in [3.63, 3.8) is 0 Å². The molecule has 0 aliphatic heterocycles. The maximum atomic E-state index is 12.3. The van der Waals surface area contributed by atoms with E-state index in [1.165, 1.54) is 24.3 Å². The Kier molecular flexibility index (Phi) is 4.58. The van der Waals surface area contributed by atoms with Gasteiger partial charge in [-0.1, -0.05) is 12.1 Å². The van der Waals surface area contributed by atoms with Crippen molar-refractivity contribution in [2.45, 2.75) is 43.3 Å². The van der Waals surface area contributed by atoms with Crippen LogP contribution in [0.5, 0.6) is 0 Å². The highest BCUT2D eigenvalue weighted by Crippen LogP contribution is 2.28. The molecule has 0 N–H and O–H groups in total. The van der Waals surface area contributed by atoms with Crippen LogP contribution in [-0.4, -0.2) is 23.6 Å². The number of halogens is 4. The van der Waals surface area contributed by atoms with Crippen LogP contribution in [0.15, 0.2) is 24.3 Å². The maximum absolute atomic E-state index is 12.3. The molecule has 0 saturated heterocycles. The molecule has 0 spiro atoms. The average Bonchev–Trinajstić information content (AvgIpc) is 2.73. The van der Waals surface area contributed by atoms with Crippen LogP contribution in [0.2, 0.25) is 0 Å².